The molecule has 0 aromatic heterocycles. The lowest BCUT2D eigenvalue weighted by atomic mass is 10.1. The molecule has 25 heavy (non-hydrogen) atoms. The van der Waals surface area contributed by atoms with Gasteiger partial charge in [-0.05, 0) is 37.3 Å². The molecule has 0 spiro atoms. The monoisotopic (exact) mass is 338 g/mol. The molecule has 0 unspecified atom stereocenters. The third-order valence-electron chi connectivity index (χ3n) is 4.03. The van der Waals surface area contributed by atoms with E-state index >= 15 is 0 Å². The lowest BCUT2D eigenvalue weighted by molar-refractivity contribution is 0.0921. The fraction of sp³-hybridized carbons (Fsp3) is 0.211. The van der Waals surface area contributed by atoms with Gasteiger partial charge in [0.25, 0.3) is 17.7 Å². The number of hydrogen-bond acceptors (Lipinski definition) is 4. The molecule has 3 rings (SSSR count). The molecular formula is C19H18N2O4. The number of ether oxygens (including phenoxy) is 1. The van der Waals surface area contributed by atoms with Gasteiger partial charge in [-0.2, -0.15) is 0 Å². The van der Waals surface area contributed by atoms with Crippen LogP contribution >= 0.6 is 0 Å². The van der Waals surface area contributed by atoms with Gasteiger partial charge >= 0.3 is 0 Å². The van der Waals surface area contributed by atoms with Crippen LogP contribution in [0.4, 0.5) is 5.69 Å². The van der Waals surface area contributed by atoms with Gasteiger partial charge in [0.05, 0.1) is 23.4 Å². The van der Waals surface area contributed by atoms with Crippen LogP contribution < -0.4 is 10.2 Å². The van der Waals surface area contributed by atoms with Crippen molar-refractivity contribution in [3.8, 4) is 0 Å². The minimum atomic E-state index is -0.421. The summed E-state index contributed by atoms with van der Waals surface area (Å²) in [5.41, 5.74) is 2.43. The molecule has 128 valence electrons. The molecule has 6 heteroatoms. The smallest absolute Gasteiger partial charge is 0.266 e. The molecule has 1 N–H and O–H groups in total. The first-order valence-electron chi connectivity index (χ1n) is 7.89. The molecule has 0 atom stereocenters. The normalized spacial score (nSPS) is 13.1. The first-order chi connectivity index (χ1) is 12.0. The van der Waals surface area contributed by atoms with Crippen molar-refractivity contribution >= 4 is 23.4 Å². The number of fused-ring (bicyclic) bond motifs is 1. The van der Waals surface area contributed by atoms with Crippen molar-refractivity contribution in [2.24, 2.45) is 0 Å². The van der Waals surface area contributed by atoms with Crippen LogP contribution in [0.25, 0.3) is 0 Å². The molecule has 0 saturated carbocycles. The average Bonchev–Trinajstić information content (AvgIpc) is 2.86. The Morgan fingerprint density at radius 1 is 1.04 bits per heavy atom. The number of hydrogen-bond donors (Lipinski definition) is 1. The maximum atomic E-state index is 12.7. The summed E-state index contributed by atoms with van der Waals surface area (Å²) in [6.45, 7) is 2.70. The van der Waals surface area contributed by atoms with Gasteiger partial charge in [0.1, 0.15) is 0 Å². The summed E-state index contributed by atoms with van der Waals surface area (Å²) in [6.07, 6.45) is 0. The molecule has 0 radical (unpaired) electrons. The molecule has 0 bridgehead atoms. The number of benzene rings is 2. The number of aryl methyl sites for hydroxylation is 1. The van der Waals surface area contributed by atoms with Crippen LogP contribution in [-0.2, 0) is 4.74 Å². The second-order valence-electron chi connectivity index (χ2n) is 5.79. The number of rotatable bonds is 5. The first-order valence-corrected chi connectivity index (χ1v) is 7.89. The molecule has 6 nitrogen and oxygen atoms in total. The van der Waals surface area contributed by atoms with Gasteiger partial charge in [-0.15, -0.1) is 0 Å². The van der Waals surface area contributed by atoms with E-state index < -0.39 is 5.91 Å². The summed E-state index contributed by atoms with van der Waals surface area (Å²) in [7, 11) is 1.55. The standard InChI is InChI=1S/C19H18N2O4/c1-12-3-6-14(7-4-12)21-18(23)15-8-5-13(11-16(15)19(21)24)17(22)20-9-10-25-2/h3-8,11H,9-10H2,1-2H3,(H,20,22). The number of carbonyl (C=O) groups is 3. The summed E-state index contributed by atoms with van der Waals surface area (Å²) in [6, 6.07) is 11.7. The summed E-state index contributed by atoms with van der Waals surface area (Å²) < 4.78 is 4.88. The summed E-state index contributed by atoms with van der Waals surface area (Å²) in [4.78, 5) is 38.5. The van der Waals surface area contributed by atoms with E-state index in [0.717, 1.165) is 10.5 Å². The quantitative estimate of drug-likeness (QED) is 0.670. The maximum Gasteiger partial charge on any atom is 0.266 e. The highest BCUT2D eigenvalue weighted by Crippen LogP contribution is 2.29. The Morgan fingerprint density at radius 2 is 1.72 bits per heavy atom. The van der Waals surface area contributed by atoms with Crippen LogP contribution in [0.5, 0.6) is 0 Å². The van der Waals surface area contributed by atoms with Gasteiger partial charge in [-0.3, -0.25) is 14.4 Å². The van der Waals surface area contributed by atoms with E-state index in [4.69, 9.17) is 4.74 Å². The van der Waals surface area contributed by atoms with Gasteiger partial charge in [0.15, 0.2) is 0 Å². The van der Waals surface area contributed by atoms with E-state index in [1.807, 2.05) is 19.1 Å². The molecule has 2 aromatic rings. The summed E-state index contributed by atoms with van der Waals surface area (Å²) >= 11 is 0. The topological polar surface area (TPSA) is 75.7 Å². The molecule has 0 saturated heterocycles. The number of nitrogens with zero attached hydrogens (tertiary/aromatic N) is 1. The molecule has 1 aliphatic rings. The van der Waals surface area contributed by atoms with E-state index in [-0.39, 0.29) is 17.4 Å². The van der Waals surface area contributed by atoms with Crippen LogP contribution in [0.3, 0.4) is 0 Å². The molecule has 2 aromatic carbocycles. The van der Waals surface area contributed by atoms with Crippen molar-refractivity contribution < 1.29 is 19.1 Å². The summed E-state index contributed by atoms with van der Waals surface area (Å²) in [5.74, 6) is -1.11. The van der Waals surface area contributed by atoms with Gasteiger partial charge in [0, 0.05) is 19.2 Å². The van der Waals surface area contributed by atoms with Crippen molar-refractivity contribution in [3.63, 3.8) is 0 Å². The Bertz CT molecular complexity index is 843. The highest BCUT2D eigenvalue weighted by atomic mass is 16.5. The molecule has 1 aliphatic heterocycles. The Balaban J connectivity index is 1.88. The van der Waals surface area contributed by atoms with Crippen LogP contribution in [0.15, 0.2) is 42.5 Å². The van der Waals surface area contributed by atoms with Gasteiger partial charge < -0.3 is 10.1 Å². The lowest BCUT2D eigenvalue weighted by Gasteiger charge is -2.13. The summed E-state index contributed by atoms with van der Waals surface area (Å²) in [5, 5.41) is 2.69. The number of nitrogens with one attached hydrogen (secondary N) is 1. The van der Waals surface area contributed by atoms with Crippen molar-refractivity contribution in [2.75, 3.05) is 25.2 Å². The highest BCUT2D eigenvalue weighted by molar-refractivity contribution is 6.34. The van der Waals surface area contributed by atoms with E-state index in [0.29, 0.717) is 30.0 Å². The zero-order valence-corrected chi connectivity index (χ0v) is 14.0. The minimum absolute atomic E-state index is 0.241. The number of carbonyl (C=O) groups excluding carboxylic acids is 3. The van der Waals surface area contributed by atoms with Crippen LogP contribution in [0.2, 0.25) is 0 Å². The fourth-order valence-corrected chi connectivity index (χ4v) is 2.68. The fourth-order valence-electron chi connectivity index (χ4n) is 2.68. The van der Waals surface area contributed by atoms with Crippen molar-refractivity contribution in [1.29, 1.82) is 0 Å². The SMILES string of the molecule is COCCNC(=O)c1ccc2c(c1)C(=O)N(c1ccc(C)cc1)C2=O. The zero-order valence-electron chi connectivity index (χ0n) is 14.0. The Labute approximate surface area is 145 Å². The van der Waals surface area contributed by atoms with Crippen molar-refractivity contribution in [2.45, 2.75) is 6.92 Å². The number of imide groups is 1. The average molecular weight is 338 g/mol. The second kappa shape index (κ2) is 6.86. The van der Waals surface area contributed by atoms with E-state index in [1.54, 1.807) is 25.3 Å². The Kier molecular flexibility index (Phi) is 4.63. The predicted molar refractivity (Wildman–Crippen MR) is 93.0 cm³/mol. The highest BCUT2D eigenvalue weighted by Gasteiger charge is 2.37. The van der Waals surface area contributed by atoms with Gasteiger partial charge in [-0.1, -0.05) is 17.7 Å². The third-order valence-corrected chi connectivity index (χ3v) is 4.03. The predicted octanol–water partition coefficient (Wildman–Crippen LogP) is 2.17. The van der Waals surface area contributed by atoms with Crippen LogP contribution in [-0.4, -0.2) is 38.0 Å². The molecule has 1 heterocycles. The molecular weight excluding hydrogens is 320 g/mol. The maximum absolute atomic E-state index is 12.7. The molecule has 3 amide bonds. The lowest BCUT2D eigenvalue weighted by Crippen LogP contribution is -2.29. The zero-order chi connectivity index (χ0) is 18.0. The van der Waals surface area contributed by atoms with Gasteiger partial charge in [0.2, 0.25) is 0 Å². The minimum Gasteiger partial charge on any atom is -0.383 e. The molecule has 0 aliphatic carbocycles. The van der Waals surface area contributed by atoms with Crippen molar-refractivity contribution in [1.82, 2.24) is 5.32 Å². The Hall–Kier alpha value is -2.99. The molecule has 0 fully saturated rings. The Morgan fingerprint density at radius 3 is 2.40 bits per heavy atom. The largest absolute Gasteiger partial charge is 0.383 e. The van der Waals surface area contributed by atoms with Crippen LogP contribution in [0, 0.1) is 6.92 Å². The number of amides is 3. The van der Waals surface area contributed by atoms with Crippen molar-refractivity contribution in [3.05, 3.63) is 64.7 Å². The first kappa shape index (κ1) is 16.9. The van der Waals surface area contributed by atoms with Crippen LogP contribution in [0.1, 0.15) is 36.6 Å². The number of methoxy groups -OCH3 is 1. The van der Waals surface area contributed by atoms with E-state index in [2.05, 4.69) is 5.32 Å². The van der Waals surface area contributed by atoms with Gasteiger partial charge in [-0.25, -0.2) is 4.90 Å². The second-order valence-corrected chi connectivity index (χ2v) is 5.79. The number of anilines is 1. The third kappa shape index (κ3) is 3.16. The van der Waals surface area contributed by atoms with E-state index in [1.165, 1.54) is 12.1 Å². The van der Waals surface area contributed by atoms with E-state index in [9.17, 15) is 14.4 Å².